The van der Waals surface area contributed by atoms with Crippen LogP contribution in [0.25, 0.3) is 16.8 Å². The molecule has 0 spiro atoms. The van der Waals surface area contributed by atoms with Crippen molar-refractivity contribution in [3.05, 3.63) is 66.2 Å². The van der Waals surface area contributed by atoms with Crippen molar-refractivity contribution in [1.29, 1.82) is 0 Å². The molecular formula is C19H17N3O4. The highest BCUT2D eigenvalue weighted by molar-refractivity contribution is 5.97. The summed E-state index contributed by atoms with van der Waals surface area (Å²) in [5, 5.41) is 21.1. The number of hydrogen-bond acceptors (Lipinski definition) is 4. The van der Waals surface area contributed by atoms with Crippen LogP contribution in [0.15, 0.2) is 55.0 Å². The van der Waals surface area contributed by atoms with Crippen LogP contribution in [0.3, 0.4) is 0 Å². The quantitative estimate of drug-likeness (QED) is 0.655. The lowest BCUT2D eigenvalue weighted by Gasteiger charge is -2.10. The molecule has 0 saturated carbocycles. The first-order valence-electron chi connectivity index (χ1n) is 7.89. The second-order valence-electron chi connectivity index (χ2n) is 5.71. The van der Waals surface area contributed by atoms with E-state index in [1.54, 1.807) is 6.92 Å². The van der Waals surface area contributed by atoms with Gasteiger partial charge in [-0.1, -0.05) is 18.2 Å². The predicted molar refractivity (Wildman–Crippen MR) is 95.4 cm³/mol. The fourth-order valence-corrected chi connectivity index (χ4v) is 2.61. The first kappa shape index (κ1) is 17.2. The zero-order valence-corrected chi connectivity index (χ0v) is 14.0. The van der Waals surface area contributed by atoms with Gasteiger partial charge in [-0.25, -0.2) is 4.98 Å². The van der Waals surface area contributed by atoms with Crippen LogP contribution in [0.1, 0.15) is 16.1 Å². The molecular weight excluding hydrogens is 334 g/mol. The number of nitrogens with one attached hydrogen (secondary N) is 1. The zero-order valence-electron chi connectivity index (χ0n) is 14.0. The lowest BCUT2D eigenvalue weighted by atomic mass is 10.0. The van der Waals surface area contributed by atoms with Crippen LogP contribution in [0.2, 0.25) is 0 Å². The van der Waals surface area contributed by atoms with Crippen molar-refractivity contribution in [1.82, 2.24) is 14.9 Å². The third-order valence-corrected chi connectivity index (χ3v) is 3.98. The van der Waals surface area contributed by atoms with E-state index >= 15 is 0 Å². The van der Waals surface area contributed by atoms with E-state index in [0.717, 1.165) is 11.3 Å². The van der Waals surface area contributed by atoms with Gasteiger partial charge in [0, 0.05) is 41.0 Å². The number of amides is 1. The van der Waals surface area contributed by atoms with Crippen LogP contribution in [0, 0.1) is 6.92 Å². The minimum absolute atomic E-state index is 0.199. The van der Waals surface area contributed by atoms with Crippen LogP contribution >= 0.6 is 0 Å². The molecule has 3 N–H and O–H groups in total. The Hall–Kier alpha value is -3.61. The summed E-state index contributed by atoms with van der Waals surface area (Å²) in [6.07, 6.45) is 5.30. The van der Waals surface area contributed by atoms with Gasteiger partial charge in [-0.2, -0.15) is 0 Å². The molecule has 0 unspecified atom stereocenters. The summed E-state index contributed by atoms with van der Waals surface area (Å²) in [5.41, 5.74) is 2.82. The van der Waals surface area contributed by atoms with Crippen molar-refractivity contribution in [2.45, 2.75) is 6.92 Å². The van der Waals surface area contributed by atoms with Crippen molar-refractivity contribution in [3.8, 4) is 22.6 Å². The number of carbonyl (C=O) groups excluding carboxylic acids is 1. The molecule has 2 heterocycles. The molecule has 3 aromatic rings. The Bertz CT molecular complexity index is 964. The van der Waals surface area contributed by atoms with Crippen molar-refractivity contribution in [3.63, 3.8) is 0 Å². The van der Waals surface area contributed by atoms with Gasteiger partial charge >= 0.3 is 5.97 Å². The number of carboxylic acid groups (broad SMARTS) is 1. The highest BCUT2D eigenvalue weighted by Crippen LogP contribution is 2.31. The van der Waals surface area contributed by atoms with Crippen molar-refractivity contribution < 1.29 is 19.8 Å². The highest BCUT2D eigenvalue weighted by atomic mass is 16.4. The monoisotopic (exact) mass is 351 g/mol. The first-order valence-corrected chi connectivity index (χ1v) is 7.89. The summed E-state index contributed by atoms with van der Waals surface area (Å²) in [6, 6.07) is 11.7. The molecule has 0 radical (unpaired) electrons. The SMILES string of the molecule is Cc1c(-c2ccn(-c3ccccc3)c2)cnc(C(=O)NCC(=O)O)c1O. The molecule has 0 fully saturated rings. The van der Waals surface area contributed by atoms with E-state index in [9.17, 15) is 14.7 Å². The van der Waals surface area contributed by atoms with Crippen LogP contribution in [-0.2, 0) is 4.79 Å². The third-order valence-electron chi connectivity index (χ3n) is 3.98. The van der Waals surface area contributed by atoms with E-state index in [1.165, 1.54) is 6.20 Å². The fourth-order valence-electron chi connectivity index (χ4n) is 2.61. The van der Waals surface area contributed by atoms with Gasteiger partial charge in [-0.3, -0.25) is 9.59 Å². The summed E-state index contributed by atoms with van der Waals surface area (Å²) in [6.45, 7) is 1.14. The Balaban J connectivity index is 1.90. The number of hydrogen-bond donors (Lipinski definition) is 3. The van der Waals surface area contributed by atoms with Gasteiger partial charge < -0.3 is 20.1 Å². The lowest BCUT2D eigenvalue weighted by Crippen LogP contribution is -2.30. The van der Waals surface area contributed by atoms with Crippen LogP contribution < -0.4 is 5.32 Å². The number of aromatic hydroxyl groups is 1. The van der Waals surface area contributed by atoms with E-state index in [2.05, 4.69) is 10.3 Å². The highest BCUT2D eigenvalue weighted by Gasteiger charge is 2.18. The Morgan fingerprint density at radius 1 is 1.19 bits per heavy atom. The number of carbonyl (C=O) groups is 2. The maximum absolute atomic E-state index is 12.0. The minimum atomic E-state index is -1.17. The Kier molecular flexibility index (Phi) is 4.70. The van der Waals surface area contributed by atoms with Crippen molar-refractivity contribution >= 4 is 11.9 Å². The summed E-state index contributed by atoms with van der Waals surface area (Å²) < 4.78 is 1.94. The molecule has 0 aliphatic rings. The van der Waals surface area contributed by atoms with Gasteiger partial charge in [-0.05, 0) is 25.1 Å². The fraction of sp³-hybridized carbons (Fsp3) is 0.105. The lowest BCUT2D eigenvalue weighted by molar-refractivity contribution is -0.135. The van der Waals surface area contributed by atoms with Gasteiger partial charge in [0.25, 0.3) is 5.91 Å². The number of pyridine rings is 1. The van der Waals surface area contributed by atoms with E-state index in [1.807, 2.05) is 53.4 Å². The van der Waals surface area contributed by atoms with E-state index in [0.29, 0.717) is 11.1 Å². The third kappa shape index (κ3) is 3.41. The molecule has 1 amide bonds. The van der Waals surface area contributed by atoms with E-state index < -0.39 is 18.4 Å². The number of rotatable bonds is 5. The van der Waals surface area contributed by atoms with E-state index in [-0.39, 0.29) is 11.4 Å². The topological polar surface area (TPSA) is 104 Å². The molecule has 0 aliphatic heterocycles. The van der Waals surface area contributed by atoms with Crippen molar-refractivity contribution in [2.75, 3.05) is 6.54 Å². The Morgan fingerprint density at radius 3 is 2.62 bits per heavy atom. The van der Waals surface area contributed by atoms with Gasteiger partial charge in [0.15, 0.2) is 5.69 Å². The smallest absolute Gasteiger partial charge is 0.322 e. The Morgan fingerprint density at radius 2 is 1.92 bits per heavy atom. The molecule has 0 atom stereocenters. The van der Waals surface area contributed by atoms with Crippen LogP contribution in [0.5, 0.6) is 5.75 Å². The second-order valence-corrected chi connectivity index (χ2v) is 5.71. The van der Waals surface area contributed by atoms with Gasteiger partial charge in [0.1, 0.15) is 12.3 Å². The Labute approximate surface area is 149 Å². The first-order chi connectivity index (χ1) is 12.5. The maximum Gasteiger partial charge on any atom is 0.322 e. The molecule has 132 valence electrons. The summed E-state index contributed by atoms with van der Waals surface area (Å²) in [7, 11) is 0. The minimum Gasteiger partial charge on any atom is -0.505 e. The number of aliphatic carboxylic acids is 1. The molecule has 0 aliphatic carbocycles. The molecule has 0 bridgehead atoms. The normalized spacial score (nSPS) is 10.5. The molecule has 3 rings (SSSR count). The molecule has 1 aromatic carbocycles. The average Bonchev–Trinajstić information content (AvgIpc) is 3.12. The number of nitrogens with zero attached hydrogens (tertiary/aromatic N) is 2. The summed E-state index contributed by atoms with van der Waals surface area (Å²) in [4.78, 5) is 26.5. The number of benzene rings is 1. The number of carboxylic acids is 1. The summed E-state index contributed by atoms with van der Waals surface area (Å²) in [5.74, 6) is -2.17. The average molecular weight is 351 g/mol. The molecule has 0 saturated heterocycles. The van der Waals surface area contributed by atoms with Crippen molar-refractivity contribution in [2.24, 2.45) is 0 Å². The van der Waals surface area contributed by atoms with Gasteiger partial charge in [0.2, 0.25) is 0 Å². The van der Waals surface area contributed by atoms with E-state index in [4.69, 9.17) is 5.11 Å². The van der Waals surface area contributed by atoms with Gasteiger partial charge in [0.05, 0.1) is 0 Å². The molecule has 26 heavy (non-hydrogen) atoms. The maximum atomic E-state index is 12.0. The zero-order chi connectivity index (χ0) is 18.7. The number of aromatic nitrogens is 2. The largest absolute Gasteiger partial charge is 0.505 e. The number of para-hydroxylation sites is 1. The van der Waals surface area contributed by atoms with Crippen LogP contribution in [-0.4, -0.2) is 38.2 Å². The molecule has 7 heteroatoms. The summed E-state index contributed by atoms with van der Waals surface area (Å²) >= 11 is 0. The second kappa shape index (κ2) is 7.10. The standard InChI is InChI=1S/C19H17N3O4/c1-12-15(9-20-17(18(12)25)19(26)21-10-16(23)24)13-7-8-22(11-13)14-5-3-2-4-6-14/h2-9,11,25H,10H2,1H3,(H,21,26)(H,23,24). The predicted octanol–water partition coefficient (Wildman–Crippen LogP) is 2.37. The van der Waals surface area contributed by atoms with Gasteiger partial charge in [-0.15, -0.1) is 0 Å². The molecule has 2 aromatic heterocycles. The molecule has 7 nitrogen and oxygen atoms in total. The van der Waals surface area contributed by atoms with Crippen LogP contribution in [0.4, 0.5) is 0 Å².